The summed E-state index contributed by atoms with van der Waals surface area (Å²) in [6.07, 6.45) is 0. The zero-order chi connectivity index (χ0) is 14.3. The van der Waals surface area contributed by atoms with Gasteiger partial charge in [0.05, 0.1) is 0 Å². The van der Waals surface area contributed by atoms with Gasteiger partial charge in [-0.1, -0.05) is 13.8 Å². The van der Waals surface area contributed by atoms with E-state index in [0.717, 1.165) is 18.2 Å². The van der Waals surface area contributed by atoms with E-state index in [1.807, 2.05) is 26.8 Å². The van der Waals surface area contributed by atoms with E-state index in [1.54, 1.807) is 7.11 Å². The third kappa shape index (κ3) is 5.40. The Morgan fingerprint density at radius 1 is 1.26 bits per heavy atom. The molecule has 0 unspecified atom stereocenters. The fourth-order valence-electron chi connectivity index (χ4n) is 1.44. The van der Waals surface area contributed by atoms with E-state index in [2.05, 4.69) is 20.6 Å². The maximum Gasteiger partial charge on any atom is 0.158 e. The van der Waals surface area contributed by atoms with Crippen molar-refractivity contribution in [3.05, 3.63) is 11.9 Å². The van der Waals surface area contributed by atoms with Gasteiger partial charge < -0.3 is 20.5 Å². The van der Waals surface area contributed by atoms with Gasteiger partial charge in [0.1, 0.15) is 18.2 Å². The number of methoxy groups -OCH3 is 1. The highest BCUT2D eigenvalue weighted by Gasteiger charge is 2.16. The summed E-state index contributed by atoms with van der Waals surface area (Å²) in [7, 11) is 1.62. The number of ether oxygens (including phenoxy) is 1. The Balaban J connectivity index is 2.80. The Bertz CT molecular complexity index is 372. The van der Waals surface area contributed by atoms with Gasteiger partial charge in [-0.2, -0.15) is 0 Å². The molecule has 1 rings (SSSR count). The lowest BCUT2D eigenvalue weighted by Crippen LogP contribution is -2.27. The highest BCUT2D eigenvalue weighted by atomic mass is 16.5. The molecule has 19 heavy (non-hydrogen) atoms. The Hall–Kier alpha value is -1.40. The summed E-state index contributed by atoms with van der Waals surface area (Å²) in [5.41, 5.74) is -0.190. The molecule has 6 nitrogen and oxygen atoms in total. The van der Waals surface area contributed by atoms with Gasteiger partial charge in [-0.15, -0.1) is 0 Å². The van der Waals surface area contributed by atoms with Crippen LogP contribution in [0.4, 0.5) is 11.6 Å². The number of nitrogens with zero attached hydrogens (tertiary/aromatic N) is 2. The number of aromatic nitrogens is 2. The first-order valence-electron chi connectivity index (χ1n) is 6.46. The van der Waals surface area contributed by atoms with Crippen molar-refractivity contribution < 1.29 is 9.84 Å². The summed E-state index contributed by atoms with van der Waals surface area (Å²) in [6, 6.07) is 1.86. The van der Waals surface area contributed by atoms with Gasteiger partial charge in [0.2, 0.25) is 0 Å². The Morgan fingerprint density at radius 3 is 2.42 bits per heavy atom. The third-order valence-corrected chi connectivity index (χ3v) is 2.58. The summed E-state index contributed by atoms with van der Waals surface area (Å²) in [5.74, 6) is 2.14. The lowest BCUT2D eigenvalue weighted by molar-refractivity contribution is 0.170. The smallest absolute Gasteiger partial charge is 0.158 e. The molecule has 0 fully saturated rings. The van der Waals surface area contributed by atoms with E-state index in [1.165, 1.54) is 0 Å². The van der Waals surface area contributed by atoms with Crippen LogP contribution in [0.5, 0.6) is 0 Å². The van der Waals surface area contributed by atoms with Crippen molar-refractivity contribution in [3.8, 4) is 0 Å². The first kappa shape index (κ1) is 15.7. The van der Waals surface area contributed by atoms with E-state index in [9.17, 15) is 5.11 Å². The quantitative estimate of drug-likeness (QED) is 0.663. The van der Waals surface area contributed by atoms with Crippen LogP contribution in [0.1, 0.15) is 26.6 Å². The second kappa shape index (κ2) is 7.25. The molecule has 6 heteroatoms. The molecule has 0 spiro atoms. The zero-order valence-corrected chi connectivity index (χ0v) is 12.2. The van der Waals surface area contributed by atoms with Crippen LogP contribution in [0.25, 0.3) is 0 Å². The number of hydrogen-bond donors (Lipinski definition) is 3. The minimum Gasteiger partial charge on any atom is -0.396 e. The predicted octanol–water partition coefficient (Wildman–Crippen LogP) is 1.49. The standard InChI is InChI=1S/C13H24N4O2/c1-5-14-10-6-11(15-8-13(2,3)9-18)17-12(16-10)7-19-4/h6,18H,5,7-9H2,1-4H3,(H2,14,15,16,17). The summed E-state index contributed by atoms with van der Waals surface area (Å²) < 4.78 is 5.06. The molecule has 1 heterocycles. The fourth-order valence-corrected chi connectivity index (χ4v) is 1.44. The summed E-state index contributed by atoms with van der Waals surface area (Å²) in [4.78, 5) is 8.71. The van der Waals surface area contributed by atoms with Crippen LogP contribution in [0, 0.1) is 5.41 Å². The van der Waals surface area contributed by atoms with Crippen LogP contribution in [0.2, 0.25) is 0 Å². The van der Waals surface area contributed by atoms with E-state index in [4.69, 9.17) is 4.74 Å². The van der Waals surface area contributed by atoms with Crippen molar-refractivity contribution >= 4 is 11.6 Å². The van der Waals surface area contributed by atoms with Crippen LogP contribution in [0.15, 0.2) is 6.07 Å². The summed E-state index contributed by atoms with van der Waals surface area (Å²) in [5, 5.41) is 15.6. The molecule has 0 saturated carbocycles. The molecule has 0 aliphatic carbocycles. The topological polar surface area (TPSA) is 79.3 Å². The molecule has 0 saturated heterocycles. The normalized spacial score (nSPS) is 11.4. The fraction of sp³-hybridized carbons (Fsp3) is 0.692. The molecule has 1 aromatic rings. The van der Waals surface area contributed by atoms with Crippen molar-refractivity contribution in [1.82, 2.24) is 9.97 Å². The van der Waals surface area contributed by atoms with Gasteiger partial charge in [-0.05, 0) is 6.92 Å². The molecule has 0 aliphatic heterocycles. The minimum absolute atomic E-state index is 0.121. The number of nitrogens with one attached hydrogen (secondary N) is 2. The van der Waals surface area contributed by atoms with Gasteiger partial charge in [0.25, 0.3) is 0 Å². The molecule has 0 bridgehead atoms. The summed E-state index contributed by atoms with van der Waals surface area (Å²) in [6.45, 7) is 7.92. The van der Waals surface area contributed by atoms with Crippen LogP contribution in [0.3, 0.4) is 0 Å². The summed E-state index contributed by atoms with van der Waals surface area (Å²) >= 11 is 0. The van der Waals surface area contributed by atoms with Crippen LogP contribution in [-0.4, -0.2) is 41.9 Å². The number of aliphatic hydroxyl groups excluding tert-OH is 1. The van der Waals surface area contributed by atoms with E-state index in [0.29, 0.717) is 19.0 Å². The van der Waals surface area contributed by atoms with Crippen molar-refractivity contribution in [1.29, 1.82) is 0 Å². The molecule has 1 aromatic heterocycles. The first-order valence-corrected chi connectivity index (χ1v) is 6.46. The maximum atomic E-state index is 9.24. The van der Waals surface area contributed by atoms with Crippen molar-refractivity contribution in [2.75, 3.05) is 37.4 Å². The average molecular weight is 268 g/mol. The maximum absolute atomic E-state index is 9.24. The lowest BCUT2D eigenvalue weighted by atomic mass is 9.95. The number of rotatable bonds is 8. The molecular weight excluding hydrogens is 244 g/mol. The highest BCUT2D eigenvalue weighted by molar-refractivity contribution is 5.47. The highest BCUT2D eigenvalue weighted by Crippen LogP contribution is 2.17. The van der Waals surface area contributed by atoms with Crippen molar-refractivity contribution in [2.45, 2.75) is 27.4 Å². The van der Waals surface area contributed by atoms with E-state index in [-0.39, 0.29) is 12.0 Å². The SMILES string of the molecule is CCNc1cc(NCC(C)(C)CO)nc(COC)n1. The number of hydrogen-bond acceptors (Lipinski definition) is 6. The molecular formula is C13H24N4O2. The monoisotopic (exact) mass is 268 g/mol. The van der Waals surface area contributed by atoms with Crippen LogP contribution >= 0.6 is 0 Å². The zero-order valence-electron chi connectivity index (χ0n) is 12.2. The van der Waals surface area contributed by atoms with Gasteiger partial charge in [0.15, 0.2) is 5.82 Å². The van der Waals surface area contributed by atoms with Gasteiger partial charge in [-0.3, -0.25) is 0 Å². The number of anilines is 2. The lowest BCUT2D eigenvalue weighted by Gasteiger charge is -2.22. The number of aliphatic hydroxyl groups is 1. The Labute approximate surface area is 114 Å². The van der Waals surface area contributed by atoms with E-state index < -0.39 is 0 Å². The largest absolute Gasteiger partial charge is 0.396 e. The van der Waals surface area contributed by atoms with Crippen LogP contribution in [-0.2, 0) is 11.3 Å². The molecule has 0 amide bonds. The van der Waals surface area contributed by atoms with Gasteiger partial charge >= 0.3 is 0 Å². The van der Waals surface area contributed by atoms with E-state index >= 15 is 0 Å². The average Bonchev–Trinajstić information content (AvgIpc) is 2.37. The van der Waals surface area contributed by atoms with Crippen molar-refractivity contribution in [3.63, 3.8) is 0 Å². The molecule has 0 aromatic carbocycles. The van der Waals surface area contributed by atoms with Gasteiger partial charge in [0, 0.05) is 38.3 Å². The molecule has 0 radical (unpaired) electrons. The van der Waals surface area contributed by atoms with Gasteiger partial charge in [-0.25, -0.2) is 9.97 Å². The van der Waals surface area contributed by atoms with Crippen LogP contribution < -0.4 is 10.6 Å². The molecule has 3 N–H and O–H groups in total. The minimum atomic E-state index is -0.190. The predicted molar refractivity (Wildman–Crippen MR) is 76.3 cm³/mol. The molecule has 0 atom stereocenters. The third-order valence-electron chi connectivity index (χ3n) is 2.58. The Kier molecular flexibility index (Phi) is 5.98. The second-order valence-electron chi connectivity index (χ2n) is 5.19. The first-order chi connectivity index (χ1) is 9.00. The van der Waals surface area contributed by atoms with Crippen molar-refractivity contribution in [2.24, 2.45) is 5.41 Å². The second-order valence-corrected chi connectivity index (χ2v) is 5.19. The molecule has 108 valence electrons. The molecule has 0 aliphatic rings. The Morgan fingerprint density at radius 2 is 1.89 bits per heavy atom.